The van der Waals surface area contributed by atoms with E-state index in [2.05, 4.69) is 59.3 Å². The Hall–Kier alpha value is -2.26. The van der Waals surface area contributed by atoms with Gasteiger partial charge in [-0.05, 0) is 23.8 Å². The topological polar surface area (TPSA) is 28.7 Å². The minimum Gasteiger partial charge on any atom is -0.278 e. The number of aromatic nitrogens is 2. The normalized spacial score (nSPS) is 11.7. The summed E-state index contributed by atoms with van der Waals surface area (Å²) in [6.45, 7) is 4.03. The first-order valence-corrected chi connectivity index (χ1v) is 7.78. The highest BCUT2D eigenvalue weighted by Gasteiger charge is 2.02. The molecule has 2 nitrogen and oxygen atoms in total. The summed E-state index contributed by atoms with van der Waals surface area (Å²) in [5.41, 5.74) is 2.20. The summed E-state index contributed by atoms with van der Waals surface area (Å²) in [5.74, 6) is 0.828. The summed E-state index contributed by atoms with van der Waals surface area (Å²) in [5, 5.41) is 9.33. The average Bonchev–Trinajstić information content (AvgIpc) is 2.88. The Bertz CT molecular complexity index is 807. The second-order valence-electron chi connectivity index (χ2n) is 4.72. The maximum Gasteiger partial charge on any atom is 0.0803 e. The third kappa shape index (κ3) is 3.44. The van der Waals surface area contributed by atoms with Crippen LogP contribution in [0.4, 0.5) is 0 Å². The van der Waals surface area contributed by atoms with Crippen molar-refractivity contribution >= 4 is 24.4 Å². The molecule has 0 aliphatic heterocycles. The third-order valence-electron chi connectivity index (χ3n) is 3.19. The Kier molecular flexibility index (Phi) is 4.22. The van der Waals surface area contributed by atoms with Crippen LogP contribution in [-0.4, -0.2) is 10.2 Å². The fourth-order valence-electron chi connectivity index (χ4n) is 2.09. The van der Waals surface area contributed by atoms with Crippen molar-refractivity contribution in [1.82, 2.24) is 10.2 Å². The first-order chi connectivity index (χ1) is 10.3. The van der Waals surface area contributed by atoms with Gasteiger partial charge in [0.25, 0.3) is 0 Å². The van der Waals surface area contributed by atoms with Crippen LogP contribution in [0.5, 0.6) is 0 Å². The summed E-state index contributed by atoms with van der Waals surface area (Å²) in [6, 6.07) is 20.6. The highest BCUT2D eigenvalue weighted by Crippen LogP contribution is 2.19. The lowest BCUT2D eigenvalue weighted by Gasteiger charge is -1.98. The standard InChI is InChI=1S/C18H16N2S/c1-14-17(12-15-8-4-2-5-9-15)18(20-19-14)13-21-16-10-6-3-7-11-16/h2-12,19H,1,13H2. The van der Waals surface area contributed by atoms with Gasteiger partial charge in [-0.25, -0.2) is 0 Å². The zero-order valence-electron chi connectivity index (χ0n) is 11.6. The molecule has 1 aromatic heterocycles. The number of benzene rings is 2. The lowest BCUT2D eigenvalue weighted by atomic mass is 10.2. The van der Waals surface area contributed by atoms with E-state index in [0.29, 0.717) is 0 Å². The molecule has 0 aliphatic carbocycles. The summed E-state index contributed by atoms with van der Waals surface area (Å²) in [7, 11) is 0. The summed E-state index contributed by atoms with van der Waals surface area (Å²) >= 11 is 1.78. The van der Waals surface area contributed by atoms with E-state index < -0.39 is 0 Å². The molecule has 0 saturated heterocycles. The van der Waals surface area contributed by atoms with E-state index in [-0.39, 0.29) is 0 Å². The van der Waals surface area contributed by atoms with E-state index in [4.69, 9.17) is 0 Å². The van der Waals surface area contributed by atoms with Gasteiger partial charge in [-0.1, -0.05) is 55.1 Å². The maximum atomic E-state index is 4.39. The summed E-state index contributed by atoms with van der Waals surface area (Å²) in [6.07, 6.45) is 2.13. The number of hydrogen-bond donors (Lipinski definition) is 1. The Labute approximate surface area is 128 Å². The molecule has 0 aliphatic rings. The number of hydrogen-bond acceptors (Lipinski definition) is 2. The van der Waals surface area contributed by atoms with Gasteiger partial charge in [0.05, 0.1) is 11.0 Å². The van der Waals surface area contributed by atoms with Crippen molar-refractivity contribution in [2.75, 3.05) is 0 Å². The summed E-state index contributed by atoms with van der Waals surface area (Å²) < 4.78 is 0. The van der Waals surface area contributed by atoms with Crippen LogP contribution in [0.25, 0.3) is 12.7 Å². The average molecular weight is 292 g/mol. The van der Waals surface area contributed by atoms with Crippen molar-refractivity contribution < 1.29 is 0 Å². The zero-order valence-corrected chi connectivity index (χ0v) is 12.4. The van der Waals surface area contributed by atoms with Crippen LogP contribution in [-0.2, 0) is 5.75 Å². The van der Waals surface area contributed by atoms with E-state index in [1.54, 1.807) is 11.8 Å². The second kappa shape index (κ2) is 6.46. The molecule has 1 N–H and O–H groups in total. The third-order valence-corrected chi connectivity index (χ3v) is 4.21. The van der Waals surface area contributed by atoms with Crippen molar-refractivity contribution in [1.29, 1.82) is 0 Å². The SMILES string of the molecule is C=c1[nH]nc(CSc2ccccc2)c1=Cc1ccccc1. The predicted molar refractivity (Wildman–Crippen MR) is 89.4 cm³/mol. The molecule has 0 bridgehead atoms. The van der Waals surface area contributed by atoms with Crippen LogP contribution in [0, 0.1) is 0 Å². The van der Waals surface area contributed by atoms with Gasteiger partial charge in [-0.15, -0.1) is 11.8 Å². The molecule has 0 fully saturated rings. The molecule has 0 amide bonds. The number of nitrogens with zero attached hydrogens (tertiary/aromatic N) is 1. The number of rotatable bonds is 4. The molecule has 104 valence electrons. The minimum atomic E-state index is 0.828. The first kappa shape index (κ1) is 13.7. The van der Waals surface area contributed by atoms with Gasteiger partial charge in [0.15, 0.2) is 0 Å². The van der Waals surface area contributed by atoms with Gasteiger partial charge in [0.2, 0.25) is 0 Å². The van der Waals surface area contributed by atoms with E-state index in [1.807, 2.05) is 24.3 Å². The van der Waals surface area contributed by atoms with Crippen molar-refractivity contribution in [3.8, 4) is 0 Å². The van der Waals surface area contributed by atoms with E-state index in [0.717, 1.165) is 27.6 Å². The molecule has 1 heterocycles. The quantitative estimate of drug-likeness (QED) is 0.749. The van der Waals surface area contributed by atoms with Crippen molar-refractivity contribution in [3.05, 3.63) is 82.5 Å². The number of aromatic amines is 1. The Morgan fingerprint density at radius 3 is 2.38 bits per heavy atom. The highest BCUT2D eigenvalue weighted by molar-refractivity contribution is 7.98. The maximum absolute atomic E-state index is 4.39. The smallest absolute Gasteiger partial charge is 0.0803 e. The van der Waals surface area contributed by atoms with Gasteiger partial charge in [0.1, 0.15) is 0 Å². The fraction of sp³-hybridized carbons (Fsp3) is 0.0556. The van der Waals surface area contributed by atoms with Gasteiger partial charge < -0.3 is 0 Å². The van der Waals surface area contributed by atoms with Crippen LogP contribution >= 0.6 is 11.8 Å². The highest BCUT2D eigenvalue weighted by atomic mass is 32.2. The molecule has 0 saturated carbocycles. The Balaban J connectivity index is 1.88. The first-order valence-electron chi connectivity index (χ1n) is 6.80. The monoisotopic (exact) mass is 292 g/mol. The molecule has 0 spiro atoms. The lowest BCUT2D eigenvalue weighted by Crippen LogP contribution is -2.23. The molecule has 0 atom stereocenters. The van der Waals surface area contributed by atoms with Gasteiger partial charge in [-0.2, -0.15) is 5.10 Å². The van der Waals surface area contributed by atoms with Crippen LogP contribution in [0.1, 0.15) is 11.3 Å². The van der Waals surface area contributed by atoms with E-state index >= 15 is 0 Å². The number of thioether (sulfide) groups is 1. The number of H-pyrrole nitrogens is 1. The van der Waals surface area contributed by atoms with Gasteiger partial charge in [-0.3, -0.25) is 5.10 Å². The lowest BCUT2D eigenvalue weighted by molar-refractivity contribution is 1.02. The zero-order chi connectivity index (χ0) is 14.5. The van der Waals surface area contributed by atoms with Gasteiger partial charge in [0, 0.05) is 15.9 Å². The van der Waals surface area contributed by atoms with Crippen LogP contribution in [0.15, 0.2) is 65.6 Å². The van der Waals surface area contributed by atoms with Crippen LogP contribution < -0.4 is 10.6 Å². The molecule has 2 aromatic carbocycles. The molecule has 3 heteroatoms. The van der Waals surface area contributed by atoms with E-state index in [9.17, 15) is 0 Å². The van der Waals surface area contributed by atoms with Gasteiger partial charge >= 0.3 is 0 Å². The van der Waals surface area contributed by atoms with Crippen LogP contribution in [0.3, 0.4) is 0 Å². The molecular weight excluding hydrogens is 276 g/mol. The van der Waals surface area contributed by atoms with Crippen molar-refractivity contribution in [2.24, 2.45) is 0 Å². The molecule has 3 rings (SSSR count). The Morgan fingerprint density at radius 2 is 1.67 bits per heavy atom. The molecule has 3 aromatic rings. The second-order valence-corrected chi connectivity index (χ2v) is 5.77. The number of nitrogens with one attached hydrogen (secondary N) is 1. The van der Waals surface area contributed by atoms with Crippen molar-refractivity contribution in [3.63, 3.8) is 0 Å². The van der Waals surface area contributed by atoms with Crippen LogP contribution in [0.2, 0.25) is 0 Å². The molecule has 0 unspecified atom stereocenters. The predicted octanol–water partition coefficient (Wildman–Crippen LogP) is 2.94. The molecule has 21 heavy (non-hydrogen) atoms. The summed E-state index contributed by atoms with van der Waals surface area (Å²) in [4.78, 5) is 1.25. The van der Waals surface area contributed by atoms with E-state index in [1.165, 1.54) is 4.90 Å². The van der Waals surface area contributed by atoms with Crippen molar-refractivity contribution in [2.45, 2.75) is 10.6 Å². The molecular formula is C18H16N2S. The minimum absolute atomic E-state index is 0.828. The molecule has 0 radical (unpaired) electrons. The Morgan fingerprint density at radius 1 is 1.00 bits per heavy atom. The largest absolute Gasteiger partial charge is 0.278 e. The fourth-order valence-corrected chi connectivity index (χ4v) is 2.97.